The molecular weight excluding hydrogens is 410 g/mol. The Morgan fingerprint density at radius 1 is 1.20 bits per heavy atom. The van der Waals surface area contributed by atoms with Gasteiger partial charge in [0.2, 0.25) is 16.0 Å². The number of aliphatic hydroxyl groups excluding tert-OH is 1. The van der Waals surface area contributed by atoms with Gasteiger partial charge in [0.15, 0.2) is 5.65 Å². The van der Waals surface area contributed by atoms with Crippen LogP contribution in [0.1, 0.15) is 6.42 Å². The Labute approximate surface area is 171 Å². The van der Waals surface area contributed by atoms with Crippen molar-refractivity contribution in [2.24, 2.45) is 0 Å². The van der Waals surface area contributed by atoms with Gasteiger partial charge >= 0.3 is 0 Å². The molecule has 0 radical (unpaired) electrons. The highest BCUT2D eigenvalue weighted by molar-refractivity contribution is 7.88. The van der Waals surface area contributed by atoms with Gasteiger partial charge in [-0.3, -0.25) is 9.38 Å². The van der Waals surface area contributed by atoms with Crippen LogP contribution >= 0.6 is 0 Å². The van der Waals surface area contributed by atoms with Crippen LogP contribution in [-0.4, -0.2) is 83.5 Å². The number of aliphatic hydroxyl groups is 1. The molecule has 13 heteroatoms. The van der Waals surface area contributed by atoms with Crippen molar-refractivity contribution in [2.45, 2.75) is 18.6 Å². The zero-order valence-electron chi connectivity index (χ0n) is 16.0. The van der Waals surface area contributed by atoms with E-state index in [-0.39, 0.29) is 12.6 Å². The molecule has 2 atom stereocenters. The molecular formula is C17H19N9O3S. The number of fused-ring (bicyclic) bond motifs is 2. The lowest BCUT2D eigenvalue weighted by atomic mass is 10.0. The Kier molecular flexibility index (Phi) is 4.38. The van der Waals surface area contributed by atoms with Crippen molar-refractivity contribution in [3.8, 4) is 11.4 Å². The fourth-order valence-corrected chi connectivity index (χ4v) is 4.50. The normalized spacial score (nSPS) is 20.7. The molecule has 5 rings (SSSR count). The molecule has 1 aliphatic heterocycles. The lowest BCUT2D eigenvalue weighted by molar-refractivity contribution is 0.0950. The minimum atomic E-state index is -3.33. The first-order valence-electron chi connectivity index (χ1n) is 9.29. The third-order valence-electron chi connectivity index (χ3n) is 5.21. The topological polar surface area (TPSA) is 143 Å². The third-order valence-corrected chi connectivity index (χ3v) is 6.48. The smallest absolute Gasteiger partial charge is 0.241 e. The summed E-state index contributed by atoms with van der Waals surface area (Å²) < 4.78 is 28.2. The first kappa shape index (κ1) is 18.8. The minimum absolute atomic E-state index is 0.0365. The van der Waals surface area contributed by atoms with Crippen molar-refractivity contribution < 1.29 is 13.5 Å². The maximum absolute atomic E-state index is 11.7. The molecule has 12 nitrogen and oxygen atoms in total. The average molecular weight is 429 g/mol. The quantitative estimate of drug-likeness (QED) is 0.444. The highest BCUT2D eigenvalue weighted by Gasteiger charge is 2.32. The Hall–Kier alpha value is -3.16. The van der Waals surface area contributed by atoms with Crippen molar-refractivity contribution in [1.29, 1.82) is 0 Å². The molecule has 0 spiro atoms. The van der Waals surface area contributed by atoms with Crippen LogP contribution in [0, 0.1) is 0 Å². The summed E-state index contributed by atoms with van der Waals surface area (Å²) in [6.07, 6.45) is 7.33. The summed E-state index contributed by atoms with van der Waals surface area (Å²) in [7, 11) is -3.33. The highest BCUT2D eigenvalue weighted by atomic mass is 32.2. The van der Waals surface area contributed by atoms with Crippen LogP contribution in [0.2, 0.25) is 0 Å². The number of aromatic nitrogens is 7. The standard InChI is InChI=1S/C17H19N9O3S/c1-30(28,29)24-5-4-12(15(27)9-24)21-17-19-6-11-2-3-13(26(11)23-17)14-7-18-8-16-22-20-10-25(14)16/h2-3,6-8,10,12,15,27H,4-5,9H2,1H3,(H,21,23)/t12-,15-/m1/s1. The fraction of sp³-hybridized carbons (Fsp3) is 0.353. The maximum Gasteiger partial charge on any atom is 0.241 e. The van der Waals surface area contributed by atoms with Crippen molar-refractivity contribution in [1.82, 2.24) is 38.5 Å². The van der Waals surface area contributed by atoms with Gasteiger partial charge in [0.25, 0.3) is 0 Å². The molecule has 0 unspecified atom stereocenters. The molecule has 2 N–H and O–H groups in total. The molecule has 1 fully saturated rings. The Morgan fingerprint density at radius 2 is 2.07 bits per heavy atom. The second-order valence-corrected chi connectivity index (χ2v) is 9.20. The van der Waals surface area contributed by atoms with E-state index in [1.54, 1.807) is 29.4 Å². The molecule has 0 saturated carbocycles. The average Bonchev–Trinajstić information content (AvgIpc) is 3.35. The van der Waals surface area contributed by atoms with Crippen LogP contribution < -0.4 is 5.32 Å². The Balaban J connectivity index is 1.45. The van der Waals surface area contributed by atoms with Gasteiger partial charge in [-0.25, -0.2) is 17.9 Å². The predicted molar refractivity (Wildman–Crippen MR) is 107 cm³/mol. The second-order valence-electron chi connectivity index (χ2n) is 7.22. The zero-order valence-corrected chi connectivity index (χ0v) is 16.8. The van der Waals surface area contributed by atoms with Crippen molar-refractivity contribution in [3.05, 3.63) is 37.1 Å². The SMILES string of the molecule is CS(=O)(=O)N1CC[C@@H](Nc2ncc3ccc(-c4cncc5nncn45)n3n2)[C@H](O)C1. The zero-order chi connectivity index (χ0) is 20.9. The molecule has 0 aliphatic carbocycles. The molecule has 4 aromatic heterocycles. The van der Waals surface area contributed by atoms with Gasteiger partial charge in [-0.2, -0.15) is 4.31 Å². The van der Waals surface area contributed by atoms with Crippen molar-refractivity contribution >= 4 is 27.1 Å². The van der Waals surface area contributed by atoms with Crippen molar-refractivity contribution in [2.75, 3.05) is 24.7 Å². The van der Waals surface area contributed by atoms with Gasteiger partial charge < -0.3 is 10.4 Å². The van der Waals surface area contributed by atoms with Gasteiger partial charge in [0.1, 0.15) is 6.33 Å². The van der Waals surface area contributed by atoms with E-state index >= 15 is 0 Å². The van der Waals surface area contributed by atoms with E-state index in [1.165, 1.54) is 4.31 Å². The number of piperidine rings is 1. The maximum atomic E-state index is 11.7. The number of hydrogen-bond acceptors (Lipinski definition) is 9. The van der Waals surface area contributed by atoms with Gasteiger partial charge in [0, 0.05) is 13.1 Å². The summed E-state index contributed by atoms with van der Waals surface area (Å²) in [5, 5.41) is 26.1. The number of β-amino-alcohol motifs (C(OH)–C–C–N with tert-alkyl or cyclic N) is 1. The largest absolute Gasteiger partial charge is 0.390 e. The van der Waals surface area contributed by atoms with E-state index in [0.717, 1.165) is 23.2 Å². The number of rotatable bonds is 4. The minimum Gasteiger partial charge on any atom is -0.390 e. The molecule has 1 aliphatic rings. The third kappa shape index (κ3) is 3.26. The molecule has 4 aromatic rings. The van der Waals surface area contributed by atoms with E-state index in [1.807, 2.05) is 16.5 Å². The molecule has 0 bridgehead atoms. The monoisotopic (exact) mass is 429 g/mol. The van der Waals surface area contributed by atoms with E-state index in [9.17, 15) is 13.5 Å². The predicted octanol–water partition coefficient (Wildman–Crippen LogP) is -0.359. The van der Waals surface area contributed by atoms with Crippen LogP contribution in [0.3, 0.4) is 0 Å². The molecule has 0 amide bonds. The summed E-state index contributed by atoms with van der Waals surface area (Å²) >= 11 is 0. The van der Waals surface area contributed by atoms with Crippen molar-refractivity contribution in [3.63, 3.8) is 0 Å². The second kappa shape index (κ2) is 6.97. The summed E-state index contributed by atoms with van der Waals surface area (Å²) in [6, 6.07) is 3.44. The van der Waals surface area contributed by atoms with Gasteiger partial charge in [-0.1, -0.05) is 0 Å². The first-order valence-corrected chi connectivity index (χ1v) is 11.1. The number of hydrogen-bond donors (Lipinski definition) is 2. The van der Waals surface area contributed by atoms with Crippen LogP contribution in [0.4, 0.5) is 5.95 Å². The van der Waals surface area contributed by atoms with Crippen LogP contribution in [0.5, 0.6) is 0 Å². The Morgan fingerprint density at radius 3 is 2.87 bits per heavy atom. The van der Waals surface area contributed by atoms with Crippen LogP contribution in [-0.2, 0) is 10.0 Å². The first-order chi connectivity index (χ1) is 14.4. The number of nitrogens with one attached hydrogen (secondary N) is 1. The molecule has 1 saturated heterocycles. The van der Waals surface area contributed by atoms with Gasteiger partial charge in [-0.05, 0) is 18.6 Å². The Bertz CT molecular complexity index is 1330. The molecule has 0 aromatic carbocycles. The number of sulfonamides is 1. The van der Waals surface area contributed by atoms with E-state index in [4.69, 9.17) is 0 Å². The molecule has 156 valence electrons. The van der Waals surface area contributed by atoms with Gasteiger partial charge in [-0.15, -0.1) is 15.3 Å². The summed E-state index contributed by atoms with van der Waals surface area (Å²) in [5.41, 5.74) is 2.95. The summed E-state index contributed by atoms with van der Waals surface area (Å²) in [6.45, 7) is 0.362. The van der Waals surface area contributed by atoms with E-state index in [0.29, 0.717) is 24.6 Å². The molecule has 30 heavy (non-hydrogen) atoms. The van der Waals surface area contributed by atoms with Crippen LogP contribution in [0.25, 0.3) is 22.6 Å². The summed E-state index contributed by atoms with van der Waals surface area (Å²) in [4.78, 5) is 8.55. The van der Waals surface area contributed by atoms with Gasteiger partial charge in [0.05, 0.1) is 53.9 Å². The van der Waals surface area contributed by atoms with E-state index < -0.39 is 16.1 Å². The number of anilines is 1. The molecule has 5 heterocycles. The number of nitrogens with zero attached hydrogens (tertiary/aromatic N) is 8. The summed E-state index contributed by atoms with van der Waals surface area (Å²) in [5.74, 6) is 0.334. The lowest BCUT2D eigenvalue weighted by Crippen LogP contribution is -2.51. The highest BCUT2D eigenvalue weighted by Crippen LogP contribution is 2.23. The van der Waals surface area contributed by atoms with Crippen LogP contribution in [0.15, 0.2) is 37.1 Å². The van der Waals surface area contributed by atoms with E-state index in [2.05, 4.69) is 30.6 Å². The fourth-order valence-electron chi connectivity index (χ4n) is 3.64. The lowest BCUT2D eigenvalue weighted by Gasteiger charge is -2.34.